The van der Waals surface area contributed by atoms with Crippen molar-refractivity contribution >= 4 is 28.5 Å². The molecule has 3 aromatic rings. The molecule has 6 heteroatoms. The summed E-state index contributed by atoms with van der Waals surface area (Å²) in [5, 5.41) is 0.973. The van der Waals surface area contributed by atoms with E-state index in [1.54, 1.807) is 48.5 Å². The van der Waals surface area contributed by atoms with Gasteiger partial charge in [-0.15, -0.1) is 0 Å². The van der Waals surface area contributed by atoms with Gasteiger partial charge in [-0.1, -0.05) is 29.8 Å². The van der Waals surface area contributed by atoms with Gasteiger partial charge in [0.25, 0.3) is 0 Å². The molecular weight excluding hydrogens is 332 g/mol. The number of rotatable bonds is 5. The summed E-state index contributed by atoms with van der Waals surface area (Å²) < 4.78 is 15.9. The molecule has 1 aromatic heterocycles. The Balaban J connectivity index is 1.60. The maximum absolute atomic E-state index is 12.0. The highest BCUT2D eigenvalue weighted by Gasteiger charge is 2.13. The maximum atomic E-state index is 12.0. The topological polar surface area (TPSA) is 65.7 Å². The van der Waals surface area contributed by atoms with E-state index in [0.717, 1.165) is 6.07 Å². The summed E-state index contributed by atoms with van der Waals surface area (Å²) in [5.74, 6) is -0.273. The van der Waals surface area contributed by atoms with Crippen molar-refractivity contribution < 1.29 is 18.7 Å². The van der Waals surface area contributed by atoms with Crippen molar-refractivity contribution in [3.05, 3.63) is 75.6 Å². The van der Waals surface area contributed by atoms with Crippen LogP contribution >= 0.6 is 11.6 Å². The zero-order chi connectivity index (χ0) is 16.9. The Kier molecular flexibility index (Phi) is 4.82. The molecule has 24 heavy (non-hydrogen) atoms. The number of carbonyl (C=O) groups is 1. The van der Waals surface area contributed by atoms with E-state index in [1.807, 2.05) is 0 Å². The standard InChI is InChI=1S/C18H13ClO5/c19-12-4-3-5-13(10-12)22-8-9-23-18(21)17-11-15(20)14-6-1-2-7-16(14)24-17/h1-7,10-11H,8-9H2. The largest absolute Gasteiger partial charge is 0.490 e. The summed E-state index contributed by atoms with van der Waals surface area (Å²) >= 11 is 5.84. The van der Waals surface area contributed by atoms with Crippen molar-refractivity contribution in [2.45, 2.75) is 0 Å². The van der Waals surface area contributed by atoms with Gasteiger partial charge in [0.2, 0.25) is 5.76 Å². The van der Waals surface area contributed by atoms with E-state index in [9.17, 15) is 9.59 Å². The molecule has 122 valence electrons. The third-order valence-electron chi connectivity index (χ3n) is 3.22. The van der Waals surface area contributed by atoms with Gasteiger partial charge >= 0.3 is 5.97 Å². The molecule has 0 saturated carbocycles. The molecule has 0 saturated heterocycles. The Labute approximate surface area is 142 Å². The number of hydrogen-bond donors (Lipinski definition) is 0. The van der Waals surface area contributed by atoms with Crippen molar-refractivity contribution in [3.8, 4) is 5.75 Å². The third kappa shape index (κ3) is 3.75. The zero-order valence-corrected chi connectivity index (χ0v) is 13.3. The van der Waals surface area contributed by atoms with Crippen LogP contribution in [-0.2, 0) is 4.74 Å². The van der Waals surface area contributed by atoms with Crippen LogP contribution in [0.1, 0.15) is 10.6 Å². The van der Waals surface area contributed by atoms with Crippen molar-refractivity contribution in [1.29, 1.82) is 0 Å². The summed E-state index contributed by atoms with van der Waals surface area (Å²) in [6.45, 7) is 0.172. The molecule has 0 atom stereocenters. The molecule has 0 bridgehead atoms. The van der Waals surface area contributed by atoms with Gasteiger partial charge in [0, 0.05) is 11.1 Å². The van der Waals surface area contributed by atoms with Crippen LogP contribution < -0.4 is 10.2 Å². The van der Waals surface area contributed by atoms with E-state index in [1.165, 1.54) is 0 Å². The first-order valence-corrected chi connectivity index (χ1v) is 7.60. The minimum Gasteiger partial charge on any atom is -0.490 e. The van der Waals surface area contributed by atoms with Crippen molar-refractivity contribution in [1.82, 2.24) is 0 Å². The molecule has 0 fully saturated rings. The zero-order valence-electron chi connectivity index (χ0n) is 12.5. The van der Waals surface area contributed by atoms with Crippen LogP contribution in [0.15, 0.2) is 63.8 Å². The van der Waals surface area contributed by atoms with Gasteiger partial charge in [-0.05, 0) is 30.3 Å². The first-order chi connectivity index (χ1) is 11.6. The van der Waals surface area contributed by atoms with E-state index in [-0.39, 0.29) is 24.4 Å². The second-order valence-electron chi connectivity index (χ2n) is 4.91. The lowest BCUT2D eigenvalue weighted by molar-refractivity contribution is 0.0415. The smallest absolute Gasteiger partial charge is 0.374 e. The van der Waals surface area contributed by atoms with Crippen molar-refractivity contribution in [3.63, 3.8) is 0 Å². The number of benzene rings is 2. The summed E-state index contributed by atoms with van der Waals surface area (Å²) in [4.78, 5) is 23.9. The van der Waals surface area contributed by atoms with E-state index in [4.69, 9.17) is 25.5 Å². The van der Waals surface area contributed by atoms with Gasteiger partial charge < -0.3 is 13.9 Å². The molecule has 0 radical (unpaired) electrons. The molecule has 2 aromatic carbocycles. The molecule has 0 N–H and O–H groups in total. The fourth-order valence-electron chi connectivity index (χ4n) is 2.13. The number of hydrogen-bond acceptors (Lipinski definition) is 5. The highest BCUT2D eigenvalue weighted by Crippen LogP contribution is 2.17. The number of para-hydroxylation sites is 1. The average Bonchev–Trinajstić information content (AvgIpc) is 2.58. The van der Waals surface area contributed by atoms with Gasteiger partial charge in [0.15, 0.2) is 5.43 Å². The molecule has 0 aliphatic rings. The number of ether oxygens (including phenoxy) is 2. The van der Waals surface area contributed by atoms with E-state index in [0.29, 0.717) is 21.7 Å². The van der Waals surface area contributed by atoms with Gasteiger partial charge in [0.1, 0.15) is 24.5 Å². The van der Waals surface area contributed by atoms with Crippen LogP contribution in [0.3, 0.4) is 0 Å². The molecule has 0 spiro atoms. The molecule has 0 unspecified atom stereocenters. The Hall–Kier alpha value is -2.79. The lowest BCUT2D eigenvalue weighted by Crippen LogP contribution is -2.14. The van der Waals surface area contributed by atoms with Crippen LogP contribution in [0, 0.1) is 0 Å². The summed E-state index contributed by atoms with van der Waals surface area (Å²) in [6, 6.07) is 14.7. The predicted octanol–water partition coefficient (Wildman–Crippen LogP) is 3.68. The normalized spacial score (nSPS) is 10.5. The Bertz CT molecular complexity index is 932. The summed E-state index contributed by atoms with van der Waals surface area (Å²) in [5.41, 5.74) is 0.0473. The van der Waals surface area contributed by atoms with Gasteiger partial charge in [-0.2, -0.15) is 0 Å². The molecule has 0 aliphatic heterocycles. The SMILES string of the molecule is O=C(OCCOc1cccc(Cl)c1)c1cc(=O)c2ccccc2o1. The highest BCUT2D eigenvalue weighted by atomic mass is 35.5. The van der Waals surface area contributed by atoms with Crippen molar-refractivity contribution in [2.75, 3.05) is 13.2 Å². The van der Waals surface area contributed by atoms with Crippen molar-refractivity contribution in [2.24, 2.45) is 0 Å². The van der Waals surface area contributed by atoms with Gasteiger partial charge in [-0.3, -0.25) is 4.79 Å². The van der Waals surface area contributed by atoms with Crippen LogP contribution in [-0.4, -0.2) is 19.2 Å². The Morgan fingerprint density at radius 3 is 2.71 bits per heavy atom. The fourth-order valence-corrected chi connectivity index (χ4v) is 2.31. The number of halogens is 1. The average molecular weight is 345 g/mol. The summed E-state index contributed by atoms with van der Waals surface area (Å²) in [6.07, 6.45) is 0. The van der Waals surface area contributed by atoms with E-state index in [2.05, 4.69) is 0 Å². The molecule has 3 rings (SSSR count). The first-order valence-electron chi connectivity index (χ1n) is 7.22. The first kappa shape index (κ1) is 16.1. The number of carbonyl (C=O) groups excluding carboxylic acids is 1. The fraction of sp³-hybridized carbons (Fsp3) is 0.111. The van der Waals surface area contributed by atoms with Crippen LogP contribution in [0.25, 0.3) is 11.0 Å². The second-order valence-corrected chi connectivity index (χ2v) is 5.35. The summed E-state index contributed by atoms with van der Waals surface area (Å²) in [7, 11) is 0. The van der Waals surface area contributed by atoms with Crippen LogP contribution in [0.2, 0.25) is 5.02 Å². The van der Waals surface area contributed by atoms with E-state index >= 15 is 0 Å². The minimum absolute atomic E-state index is 0.0158. The monoisotopic (exact) mass is 344 g/mol. The molecule has 0 aliphatic carbocycles. The van der Waals surface area contributed by atoms with Gasteiger partial charge in [0.05, 0.1) is 5.39 Å². The minimum atomic E-state index is -0.715. The maximum Gasteiger partial charge on any atom is 0.374 e. The van der Waals surface area contributed by atoms with Crippen LogP contribution in [0.4, 0.5) is 0 Å². The quantitative estimate of drug-likeness (QED) is 0.521. The van der Waals surface area contributed by atoms with Gasteiger partial charge in [-0.25, -0.2) is 4.79 Å². The van der Waals surface area contributed by atoms with E-state index < -0.39 is 5.97 Å². The predicted molar refractivity (Wildman–Crippen MR) is 89.7 cm³/mol. The molecule has 5 nitrogen and oxygen atoms in total. The number of fused-ring (bicyclic) bond motifs is 1. The second kappa shape index (κ2) is 7.19. The lowest BCUT2D eigenvalue weighted by Gasteiger charge is -2.07. The van der Waals surface area contributed by atoms with Crippen LogP contribution in [0.5, 0.6) is 5.75 Å². The molecular formula is C18H13ClO5. The molecule has 0 amide bonds. The Morgan fingerprint density at radius 2 is 1.88 bits per heavy atom. The third-order valence-corrected chi connectivity index (χ3v) is 3.45. The lowest BCUT2D eigenvalue weighted by atomic mass is 10.2. The number of esters is 1. The highest BCUT2D eigenvalue weighted by molar-refractivity contribution is 6.30. The Morgan fingerprint density at radius 1 is 1.04 bits per heavy atom. The molecule has 1 heterocycles.